The van der Waals surface area contributed by atoms with Crippen LogP contribution in [-0.4, -0.2) is 33.4 Å². The minimum atomic E-state index is -1.26. The first-order valence-electron chi connectivity index (χ1n) is 4.70. The number of carboxylic acid groups (broad SMARTS) is 3. The molecule has 1 amide bonds. The van der Waals surface area contributed by atoms with Crippen molar-refractivity contribution in [2.45, 2.75) is 0 Å². The van der Waals surface area contributed by atoms with Crippen LogP contribution in [0.3, 0.4) is 0 Å². The number of rotatable bonds is 3. The van der Waals surface area contributed by atoms with Crippen LogP contribution >= 0.6 is 11.6 Å². The minimum Gasteiger partial charge on any atom is -0.478 e. The van der Waals surface area contributed by atoms with Crippen LogP contribution in [0.2, 0.25) is 5.02 Å². The zero-order chi connectivity index (χ0) is 14.8. The molecule has 0 aromatic heterocycles. The zero-order valence-electron chi connectivity index (χ0n) is 9.41. The number of hydrogen-bond acceptors (Lipinski definition) is 3. The van der Waals surface area contributed by atoms with E-state index in [1.807, 2.05) is 0 Å². The molecule has 0 aliphatic heterocycles. The highest BCUT2D eigenvalue weighted by molar-refractivity contribution is 6.30. The van der Waals surface area contributed by atoms with Gasteiger partial charge in [-0.3, -0.25) is 5.32 Å². The molecule has 0 radical (unpaired) electrons. The Kier molecular flexibility index (Phi) is 7.39. The molecule has 0 saturated carbocycles. The van der Waals surface area contributed by atoms with Crippen molar-refractivity contribution < 1.29 is 29.7 Å². The fourth-order valence-electron chi connectivity index (χ4n) is 0.832. The largest absolute Gasteiger partial charge is 0.478 e. The molecule has 4 N–H and O–H groups in total. The summed E-state index contributed by atoms with van der Waals surface area (Å²) in [6.07, 6.45) is 0.0252. The lowest BCUT2D eigenvalue weighted by molar-refractivity contribution is -0.134. The van der Waals surface area contributed by atoms with E-state index in [2.05, 4.69) is 5.32 Å². The first-order valence-corrected chi connectivity index (χ1v) is 5.08. The average Bonchev–Trinajstić information content (AvgIpc) is 2.26. The Balaban J connectivity index is 0.000000362. The molecule has 7 nitrogen and oxygen atoms in total. The van der Waals surface area contributed by atoms with Crippen molar-refractivity contribution in [3.05, 3.63) is 41.4 Å². The van der Waals surface area contributed by atoms with Crippen LogP contribution < -0.4 is 5.32 Å². The maximum Gasteiger partial charge on any atom is 0.409 e. The van der Waals surface area contributed by atoms with Crippen molar-refractivity contribution in [2.24, 2.45) is 0 Å². The molecule has 1 aromatic carbocycles. The quantitative estimate of drug-likeness (QED) is 0.631. The average molecular weight is 288 g/mol. The molecule has 0 bridgehead atoms. The van der Waals surface area contributed by atoms with E-state index in [4.69, 9.17) is 26.9 Å². The predicted molar refractivity (Wildman–Crippen MR) is 67.5 cm³/mol. The number of nitrogens with one attached hydrogen (secondary N) is 1. The number of benzene rings is 1. The topological polar surface area (TPSA) is 124 Å². The highest BCUT2D eigenvalue weighted by atomic mass is 35.5. The summed E-state index contributed by atoms with van der Waals surface area (Å²) in [5, 5.41) is 26.6. The zero-order valence-corrected chi connectivity index (χ0v) is 10.2. The van der Waals surface area contributed by atoms with Gasteiger partial charge in [0.25, 0.3) is 0 Å². The Morgan fingerprint density at radius 1 is 1.05 bits per heavy atom. The molecule has 19 heavy (non-hydrogen) atoms. The number of carbonyl (C=O) groups is 3. The maximum atomic E-state index is 10.1. The van der Waals surface area contributed by atoms with Crippen LogP contribution in [0.5, 0.6) is 0 Å². The lowest BCUT2D eigenvalue weighted by Crippen LogP contribution is -2.06. The number of anilines is 1. The van der Waals surface area contributed by atoms with E-state index >= 15 is 0 Å². The van der Waals surface area contributed by atoms with Gasteiger partial charge in [-0.15, -0.1) is 0 Å². The molecule has 8 heteroatoms. The van der Waals surface area contributed by atoms with Crippen LogP contribution in [0.1, 0.15) is 0 Å². The summed E-state index contributed by atoms with van der Waals surface area (Å²) >= 11 is 5.60. The summed E-state index contributed by atoms with van der Waals surface area (Å²) in [5.41, 5.74) is 0.477. The van der Waals surface area contributed by atoms with Crippen molar-refractivity contribution in [1.82, 2.24) is 0 Å². The third-order valence-electron chi connectivity index (χ3n) is 1.44. The maximum absolute atomic E-state index is 10.1. The molecule has 0 fully saturated rings. The van der Waals surface area contributed by atoms with Crippen LogP contribution in [0.15, 0.2) is 36.4 Å². The van der Waals surface area contributed by atoms with Gasteiger partial charge in [0.2, 0.25) is 0 Å². The summed E-state index contributed by atoms with van der Waals surface area (Å²) < 4.78 is 0. The van der Waals surface area contributed by atoms with Crippen molar-refractivity contribution in [3.8, 4) is 0 Å². The molecule has 0 atom stereocenters. The van der Waals surface area contributed by atoms with Crippen LogP contribution in [-0.2, 0) is 9.59 Å². The molecule has 102 valence electrons. The summed E-state index contributed by atoms with van der Waals surface area (Å²) in [7, 11) is 0. The van der Waals surface area contributed by atoms with Gasteiger partial charge in [0.1, 0.15) is 0 Å². The summed E-state index contributed by atoms with van der Waals surface area (Å²) in [4.78, 5) is 29.2. The van der Waals surface area contributed by atoms with Crippen LogP contribution in [0, 0.1) is 0 Å². The number of hydrogen-bond donors (Lipinski definition) is 4. The number of amides is 1. The molecule has 0 spiro atoms. The van der Waals surface area contributed by atoms with Crippen molar-refractivity contribution in [3.63, 3.8) is 0 Å². The molecular weight excluding hydrogens is 278 g/mol. The van der Waals surface area contributed by atoms with Gasteiger partial charge in [-0.2, -0.15) is 0 Å². The highest BCUT2D eigenvalue weighted by Crippen LogP contribution is 2.14. The van der Waals surface area contributed by atoms with Gasteiger partial charge in [0.05, 0.1) is 0 Å². The monoisotopic (exact) mass is 287 g/mol. The molecule has 0 aliphatic carbocycles. The van der Waals surface area contributed by atoms with E-state index in [9.17, 15) is 14.4 Å². The SMILES string of the molecule is O=C(O)/C=C/C(=O)O.O=C(O)Nc1cccc(Cl)c1. The van der Waals surface area contributed by atoms with Crippen molar-refractivity contribution in [2.75, 3.05) is 5.32 Å². The van der Waals surface area contributed by atoms with E-state index in [0.29, 0.717) is 22.9 Å². The van der Waals surface area contributed by atoms with E-state index in [-0.39, 0.29) is 0 Å². The van der Waals surface area contributed by atoms with Crippen molar-refractivity contribution >= 4 is 35.3 Å². The fourth-order valence-corrected chi connectivity index (χ4v) is 1.02. The summed E-state index contributed by atoms with van der Waals surface area (Å²) in [6.45, 7) is 0. The number of halogens is 1. The molecule has 1 aromatic rings. The van der Waals surface area contributed by atoms with Gasteiger partial charge >= 0.3 is 18.0 Å². The van der Waals surface area contributed by atoms with Crippen LogP contribution in [0.25, 0.3) is 0 Å². The Morgan fingerprint density at radius 3 is 1.95 bits per heavy atom. The van der Waals surface area contributed by atoms with E-state index in [0.717, 1.165) is 0 Å². The van der Waals surface area contributed by atoms with Crippen LogP contribution in [0.4, 0.5) is 10.5 Å². The Morgan fingerprint density at radius 2 is 1.58 bits per heavy atom. The second-order valence-corrected chi connectivity index (χ2v) is 3.39. The third-order valence-corrected chi connectivity index (χ3v) is 1.68. The second kappa shape index (κ2) is 8.54. The van der Waals surface area contributed by atoms with Gasteiger partial charge in [0.15, 0.2) is 0 Å². The first-order chi connectivity index (χ1) is 8.81. The first kappa shape index (κ1) is 16.5. The summed E-state index contributed by atoms with van der Waals surface area (Å²) in [5.74, 6) is -2.51. The van der Waals surface area contributed by atoms with Crippen molar-refractivity contribution in [1.29, 1.82) is 0 Å². The lowest BCUT2D eigenvalue weighted by Gasteiger charge is -1.98. The standard InChI is InChI=1S/C7H6ClNO2.C4H4O4/c8-5-2-1-3-6(4-5)9-7(10)11;5-3(6)1-2-4(7)8/h1-4,9H,(H,10,11);1-2H,(H,5,6)(H,7,8)/b;2-1+. The Labute approximate surface area is 112 Å². The van der Waals surface area contributed by atoms with E-state index < -0.39 is 18.0 Å². The predicted octanol–water partition coefficient (Wildman–Crippen LogP) is 2.14. The molecular formula is C11H10ClNO6. The Hall–Kier alpha value is -2.54. The smallest absolute Gasteiger partial charge is 0.409 e. The molecule has 0 aliphatic rings. The normalized spacial score (nSPS) is 9.32. The van der Waals surface area contributed by atoms with Gasteiger partial charge in [-0.25, -0.2) is 14.4 Å². The second-order valence-electron chi connectivity index (χ2n) is 2.95. The van der Waals surface area contributed by atoms with E-state index in [1.165, 1.54) is 6.07 Å². The highest BCUT2D eigenvalue weighted by Gasteiger charge is 1.96. The molecule has 0 heterocycles. The lowest BCUT2D eigenvalue weighted by atomic mass is 10.3. The van der Waals surface area contributed by atoms with Gasteiger partial charge in [-0.1, -0.05) is 17.7 Å². The van der Waals surface area contributed by atoms with Gasteiger partial charge in [-0.05, 0) is 18.2 Å². The minimum absolute atomic E-state index is 0.477. The summed E-state index contributed by atoms with van der Waals surface area (Å²) in [6, 6.07) is 6.51. The fraction of sp³-hybridized carbons (Fsp3) is 0. The molecule has 1 rings (SSSR count). The van der Waals surface area contributed by atoms with E-state index in [1.54, 1.807) is 18.2 Å². The van der Waals surface area contributed by atoms with Gasteiger partial charge < -0.3 is 15.3 Å². The Bertz CT molecular complexity index is 484. The molecule has 0 saturated heterocycles. The number of aliphatic carboxylic acids is 2. The third kappa shape index (κ3) is 10.3. The molecule has 0 unspecified atom stereocenters. The number of carboxylic acids is 2. The van der Waals surface area contributed by atoms with Gasteiger partial charge in [0, 0.05) is 22.9 Å².